The van der Waals surface area contributed by atoms with Gasteiger partial charge in [0.1, 0.15) is 0 Å². The van der Waals surface area contributed by atoms with Crippen molar-refractivity contribution in [2.24, 2.45) is 0 Å². The normalized spacial score (nSPS) is 15.0. The molecular weight excluding hydrogens is 332 g/mol. The highest BCUT2D eigenvalue weighted by molar-refractivity contribution is 7.98. The lowest BCUT2D eigenvalue weighted by Crippen LogP contribution is -2.38. The lowest BCUT2D eigenvalue weighted by Gasteiger charge is -2.24. The van der Waals surface area contributed by atoms with Crippen LogP contribution in [-0.2, 0) is 0 Å². The number of urea groups is 1. The molecule has 1 aliphatic heterocycles. The monoisotopic (exact) mass is 356 g/mol. The summed E-state index contributed by atoms with van der Waals surface area (Å²) in [5.74, 6) is 0. The molecule has 2 aromatic rings. The average molecular weight is 356 g/mol. The molecule has 0 bridgehead atoms. The van der Waals surface area contributed by atoms with E-state index >= 15 is 0 Å². The number of hydrogen-bond acceptors (Lipinski definition) is 4. The van der Waals surface area contributed by atoms with Crippen molar-refractivity contribution in [2.75, 3.05) is 42.7 Å². The van der Waals surface area contributed by atoms with Gasteiger partial charge in [0, 0.05) is 48.7 Å². The van der Waals surface area contributed by atoms with Crippen LogP contribution in [0, 0.1) is 6.92 Å². The van der Waals surface area contributed by atoms with Gasteiger partial charge in [-0.15, -0.1) is 11.8 Å². The van der Waals surface area contributed by atoms with Crippen LogP contribution in [0.5, 0.6) is 0 Å². The third-order valence-electron chi connectivity index (χ3n) is 4.38. The minimum absolute atomic E-state index is 0.0192. The molecule has 1 aliphatic rings. The smallest absolute Gasteiger partial charge is 0.321 e. The van der Waals surface area contributed by atoms with Crippen LogP contribution in [0.2, 0.25) is 0 Å². The fraction of sp³-hybridized carbons (Fsp3) is 0.368. The van der Waals surface area contributed by atoms with Crippen LogP contribution in [0.25, 0.3) is 0 Å². The SMILES string of the molecule is CSc1ccccc1NC(=O)N1CCCN(c2ccnc(C)c2)CC1. The van der Waals surface area contributed by atoms with E-state index in [1.165, 1.54) is 5.69 Å². The van der Waals surface area contributed by atoms with Crippen LogP contribution in [0.15, 0.2) is 47.5 Å². The van der Waals surface area contributed by atoms with Crippen LogP contribution >= 0.6 is 11.8 Å². The zero-order chi connectivity index (χ0) is 17.6. The maximum Gasteiger partial charge on any atom is 0.321 e. The van der Waals surface area contributed by atoms with Crippen molar-refractivity contribution in [2.45, 2.75) is 18.2 Å². The summed E-state index contributed by atoms with van der Waals surface area (Å²) in [6.07, 6.45) is 4.82. The Labute approximate surface area is 153 Å². The molecule has 1 N–H and O–H groups in total. The maximum atomic E-state index is 12.7. The molecule has 25 heavy (non-hydrogen) atoms. The number of pyridine rings is 1. The van der Waals surface area contributed by atoms with Gasteiger partial charge in [0.25, 0.3) is 0 Å². The number of benzene rings is 1. The van der Waals surface area contributed by atoms with Gasteiger partial charge in [-0.1, -0.05) is 12.1 Å². The van der Waals surface area contributed by atoms with Gasteiger partial charge in [0.2, 0.25) is 0 Å². The molecule has 2 heterocycles. The van der Waals surface area contributed by atoms with Crippen molar-refractivity contribution in [3.05, 3.63) is 48.3 Å². The summed E-state index contributed by atoms with van der Waals surface area (Å²) >= 11 is 1.64. The standard InChI is InChI=1S/C19H24N4OS/c1-15-14-16(8-9-20-15)22-10-5-11-23(13-12-22)19(24)21-17-6-3-4-7-18(17)25-2/h3-4,6-9,14H,5,10-13H2,1-2H3,(H,21,24). The molecule has 3 rings (SSSR count). The number of hydrogen-bond donors (Lipinski definition) is 1. The van der Waals surface area contributed by atoms with Crippen LogP contribution in [0.1, 0.15) is 12.1 Å². The predicted molar refractivity (Wildman–Crippen MR) is 105 cm³/mol. The number of carbonyl (C=O) groups is 1. The number of aromatic nitrogens is 1. The largest absolute Gasteiger partial charge is 0.370 e. The van der Waals surface area contributed by atoms with Crippen molar-refractivity contribution in [3.8, 4) is 0 Å². The second-order valence-electron chi connectivity index (χ2n) is 6.11. The van der Waals surface area contributed by atoms with Crippen molar-refractivity contribution < 1.29 is 4.79 Å². The number of nitrogens with one attached hydrogen (secondary N) is 1. The van der Waals surface area contributed by atoms with Gasteiger partial charge in [-0.25, -0.2) is 4.79 Å². The molecule has 0 aliphatic carbocycles. The first-order valence-corrected chi connectivity index (χ1v) is 9.76. The van der Waals surface area contributed by atoms with Crippen LogP contribution < -0.4 is 10.2 Å². The van der Waals surface area contributed by atoms with Crippen molar-refractivity contribution in [1.82, 2.24) is 9.88 Å². The number of thioether (sulfide) groups is 1. The lowest BCUT2D eigenvalue weighted by atomic mass is 10.3. The van der Waals surface area contributed by atoms with Gasteiger partial charge in [-0.05, 0) is 43.9 Å². The number of aryl methyl sites for hydroxylation is 1. The Kier molecular flexibility index (Phi) is 5.81. The Morgan fingerprint density at radius 2 is 2.00 bits per heavy atom. The zero-order valence-corrected chi connectivity index (χ0v) is 15.6. The summed E-state index contributed by atoms with van der Waals surface area (Å²) in [4.78, 5) is 22.2. The van der Waals surface area contributed by atoms with E-state index in [-0.39, 0.29) is 6.03 Å². The van der Waals surface area contributed by atoms with Gasteiger partial charge in [-0.3, -0.25) is 4.98 Å². The molecule has 2 amide bonds. The Morgan fingerprint density at radius 3 is 2.80 bits per heavy atom. The van der Waals surface area contributed by atoms with E-state index in [2.05, 4.69) is 21.3 Å². The van der Waals surface area contributed by atoms with Gasteiger partial charge in [0.05, 0.1) is 5.69 Å². The third kappa shape index (κ3) is 4.45. The molecule has 1 saturated heterocycles. The average Bonchev–Trinajstić information content (AvgIpc) is 2.88. The quantitative estimate of drug-likeness (QED) is 0.849. The Bertz CT molecular complexity index is 737. The second-order valence-corrected chi connectivity index (χ2v) is 6.96. The molecular formula is C19H24N4OS. The summed E-state index contributed by atoms with van der Waals surface area (Å²) < 4.78 is 0. The van der Waals surface area contributed by atoms with Crippen LogP contribution in [0.4, 0.5) is 16.2 Å². The van der Waals surface area contributed by atoms with E-state index in [0.29, 0.717) is 6.54 Å². The first-order chi connectivity index (χ1) is 12.2. The molecule has 1 aromatic heterocycles. The molecule has 6 heteroatoms. The highest BCUT2D eigenvalue weighted by Crippen LogP contribution is 2.25. The summed E-state index contributed by atoms with van der Waals surface area (Å²) in [6.45, 7) is 5.28. The van der Waals surface area contributed by atoms with Gasteiger partial charge in [-0.2, -0.15) is 0 Å². The molecule has 0 atom stereocenters. The number of nitrogens with zero attached hydrogens (tertiary/aromatic N) is 3. The van der Waals surface area contributed by atoms with Crippen LogP contribution in [-0.4, -0.2) is 48.3 Å². The number of carbonyl (C=O) groups excluding carboxylic acids is 1. The Morgan fingerprint density at radius 1 is 1.16 bits per heavy atom. The summed E-state index contributed by atoms with van der Waals surface area (Å²) in [7, 11) is 0. The molecule has 0 unspecified atom stereocenters. The Balaban J connectivity index is 1.63. The topological polar surface area (TPSA) is 48.5 Å². The second kappa shape index (κ2) is 8.25. The van der Waals surface area contributed by atoms with E-state index in [1.807, 2.05) is 54.6 Å². The number of rotatable bonds is 3. The van der Waals surface area contributed by atoms with E-state index in [9.17, 15) is 4.79 Å². The molecule has 1 aromatic carbocycles. The molecule has 0 saturated carbocycles. The molecule has 132 valence electrons. The zero-order valence-electron chi connectivity index (χ0n) is 14.7. The third-order valence-corrected chi connectivity index (χ3v) is 5.17. The molecule has 0 spiro atoms. The Hall–Kier alpha value is -2.21. The molecule has 5 nitrogen and oxygen atoms in total. The summed E-state index contributed by atoms with van der Waals surface area (Å²) in [5.41, 5.74) is 3.08. The number of amides is 2. The van der Waals surface area contributed by atoms with E-state index in [1.54, 1.807) is 11.8 Å². The predicted octanol–water partition coefficient (Wildman–Crippen LogP) is 3.86. The van der Waals surface area contributed by atoms with Gasteiger partial charge in [0.15, 0.2) is 0 Å². The van der Waals surface area contributed by atoms with Crippen molar-refractivity contribution >= 4 is 29.2 Å². The van der Waals surface area contributed by atoms with E-state index in [4.69, 9.17) is 0 Å². The fourth-order valence-electron chi connectivity index (χ4n) is 3.05. The maximum absolute atomic E-state index is 12.7. The fourth-order valence-corrected chi connectivity index (χ4v) is 3.60. The van der Waals surface area contributed by atoms with E-state index in [0.717, 1.165) is 42.3 Å². The van der Waals surface area contributed by atoms with Crippen molar-refractivity contribution in [3.63, 3.8) is 0 Å². The minimum Gasteiger partial charge on any atom is -0.370 e. The van der Waals surface area contributed by atoms with Crippen molar-refractivity contribution in [1.29, 1.82) is 0 Å². The number of para-hydroxylation sites is 1. The van der Waals surface area contributed by atoms with Crippen LogP contribution in [0.3, 0.4) is 0 Å². The number of anilines is 2. The first kappa shape index (κ1) is 17.6. The van der Waals surface area contributed by atoms with E-state index < -0.39 is 0 Å². The highest BCUT2D eigenvalue weighted by atomic mass is 32.2. The highest BCUT2D eigenvalue weighted by Gasteiger charge is 2.20. The summed E-state index contributed by atoms with van der Waals surface area (Å²) in [6, 6.07) is 12.0. The minimum atomic E-state index is -0.0192. The van der Waals surface area contributed by atoms with Gasteiger partial charge < -0.3 is 15.1 Å². The lowest BCUT2D eigenvalue weighted by molar-refractivity contribution is 0.215. The van der Waals surface area contributed by atoms with Gasteiger partial charge >= 0.3 is 6.03 Å². The molecule has 0 radical (unpaired) electrons. The molecule has 1 fully saturated rings. The summed E-state index contributed by atoms with van der Waals surface area (Å²) in [5, 5.41) is 3.06. The first-order valence-electron chi connectivity index (χ1n) is 8.54.